The molecule has 1 aromatic carbocycles. The third-order valence-electron chi connectivity index (χ3n) is 3.94. The number of aliphatic carboxylic acids is 1. The van der Waals surface area contributed by atoms with Crippen molar-refractivity contribution < 1.29 is 9.90 Å². The molecule has 0 aliphatic rings. The number of carbonyl (C=O) groups is 1. The molecule has 5 nitrogen and oxygen atoms in total. The number of aromatic nitrogens is 3. The lowest BCUT2D eigenvalue weighted by atomic mass is 9.75. The minimum atomic E-state index is -0.971. The zero-order valence-electron chi connectivity index (χ0n) is 12.7. The highest BCUT2D eigenvalue weighted by atomic mass is 16.4. The van der Waals surface area contributed by atoms with Crippen LogP contribution in [0.25, 0.3) is 0 Å². The van der Waals surface area contributed by atoms with E-state index in [1.807, 2.05) is 51.1 Å². The van der Waals surface area contributed by atoms with Crippen molar-refractivity contribution in [2.24, 2.45) is 0 Å². The number of hydrogen-bond donors (Lipinski definition) is 1. The van der Waals surface area contributed by atoms with Crippen molar-refractivity contribution in [3.8, 4) is 0 Å². The van der Waals surface area contributed by atoms with Gasteiger partial charge in [-0.15, -0.1) is 0 Å². The second kappa shape index (κ2) is 6.08. The highest BCUT2D eigenvalue weighted by molar-refractivity contribution is 5.81. The third kappa shape index (κ3) is 2.82. The molecule has 1 N–H and O–H groups in total. The number of hydrogen-bond acceptors (Lipinski definition) is 3. The number of benzene rings is 1. The molecule has 5 heteroatoms. The topological polar surface area (TPSA) is 68.0 Å². The zero-order chi connectivity index (χ0) is 15.5. The van der Waals surface area contributed by atoms with Gasteiger partial charge in [-0.25, -0.2) is 9.67 Å². The molecule has 0 fully saturated rings. The Morgan fingerprint density at radius 3 is 2.52 bits per heavy atom. The number of carboxylic acid groups (broad SMARTS) is 1. The highest BCUT2D eigenvalue weighted by Crippen LogP contribution is 2.32. The van der Waals surface area contributed by atoms with Crippen molar-refractivity contribution in [2.75, 3.05) is 0 Å². The van der Waals surface area contributed by atoms with Crippen molar-refractivity contribution in [1.82, 2.24) is 14.8 Å². The van der Waals surface area contributed by atoms with E-state index in [9.17, 15) is 9.90 Å². The number of rotatable bonds is 6. The van der Waals surface area contributed by atoms with E-state index >= 15 is 0 Å². The summed E-state index contributed by atoms with van der Waals surface area (Å²) in [5, 5.41) is 14.0. The average Bonchev–Trinajstić information content (AvgIpc) is 2.93. The molecule has 21 heavy (non-hydrogen) atoms. The van der Waals surface area contributed by atoms with Crippen molar-refractivity contribution in [3.63, 3.8) is 0 Å². The van der Waals surface area contributed by atoms with E-state index in [2.05, 4.69) is 10.1 Å². The number of carboxylic acids is 1. The monoisotopic (exact) mass is 287 g/mol. The van der Waals surface area contributed by atoms with Crippen LogP contribution in [-0.2, 0) is 16.6 Å². The van der Waals surface area contributed by atoms with Crippen LogP contribution in [-0.4, -0.2) is 25.8 Å². The second-order valence-electron chi connectivity index (χ2n) is 5.50. The lowest BCUT2D eigenvalue weighted by Gasteiger charge is -2.28. The van der Waals surface area contributed by atoms with E-state index in [1.54, 1.807) is 4.68 Å². The zero-order valence-corrected chi connectivity index (χ0v) is 12.7. The van der Waals surface area contributed by atoms with Gasteiger partial charge in [0.05, 0.1) is 5.41 Å². The molecule has 1 unspecified atom stereocenters. The summed E-state index contributed by atoms with van der Waals surface area (Å²) in [6, 6.07) is 9.52. The molecule has 0 radical (unpaired) electrons. The van der Waals surface area contributed by atoms with Crippen molar-refractivity contribution in [2.45, 2.75) is 45.1 Å². The molecule has 2 rings (SSSR count). The van der Waals surface area contributed by atoms with Gasteiger partial charge in [0.2, 0.25) is 0 Å². The van der Waals surface area contributed by atoms with Crippen molar-refractivity contribution >= 4 is 5.97 Å². The Hall–Kier alpha value is -2.17. The predicted molar refractivity (Wildman–Crippen MR) is 80.2 cm³/mol. The molecule has 0 aliphatic carbocycles. The summed E-state index contributed by atoms with van der Waals surface area (Å²) in [4.78, 5) is 16.3. The molecule has 0 saturated heterocycles. The molecule has 0 aliphatic heterocycles. The largest absolute Gasteiger partial charge is 0.481 e. The summed E-state index contributed by atoms with van der Waals surface area (Å²) in [5.74, 6) is -0.118. The Bertz CT molecular complexity index is 607. The van der Waals surface area contributed by atoms with E-state index in [0.29, 0.717) is 18.7 Å². The maximum atomic E-state index is 12.0. The maximum Gasteiger partial charge on any atom is 0.314 e. The van der Waals surface area contributed by atoms with E-state index in [1.165, 1.54) is 6.33 Å². The van der Waals surface area contributed by atoms with Crippen molar-refractivity contribution in [1.29, 1.82) is 0 Å². The van der Waals surface area contributed by atoms with Gasteiger partial charge >= 0.3 is 5.97 Å². The molecular formula is C16H21N3O2. The molecular weight excluding hydrogens is 266 g/mol. The van der Waals surface area contributed by atoms with Crippen LogP contribution in [0.2, 0.25) is 0 Å². The van der Waals surface area contributed by atoms with Gasteiger partial charge in [-0.2, -0.15) is 5.10 Å². The van der Waals surface area contributed by atoms with Crippen LogP contribution < -0.4 is 0 Å². The standard InChI is InChI=1S/C16H21N3O2/c1-4-16(15(20)21,13-8-6-5-7-9-13)10-14-17-11-18-19(14)12(2)3/h5-9,11-12H,4,10H2,1-3H3,(H,20,21). The van der Waals surface area contributed by atoms with E-state index in [-0.39, 0.29) is 6.04 Å². The van der Waals surface area contributed by atoms with Crippen LogP contribution >= 0.6 is 0 Å². The maximum absolute atomic E-state index is 12.0. The van der Waals surface area contributed by atoms with Gasteiger partial charge in [-0.3, -0.25) is 4.79 Å². The fourth-order valence-corrected chi connectivity index (χ4v) is 2.64. The Labute approximate surface area is 124 Å². The van der Waals surface area contributed by atoms with Crippen LogP contribution in [0.5, 0.6) is 0 Å². The molecule has 1 heterocycles. The first-order valence-corrected chi connectivity index (χ1v) is 7.18. The molecule has 1 atom stereocenters. The molecule has 0 saturated carbocycles. The van der Waals surface area contributed by atoms with Crippen LogP contribution in [0.3, 0.4) is 0 Å². The van der Waals surface area contributed by atoms with E-state index < -0.39 is 11.4 Å². The van der Waals surface area contributed by atoms with Crippen LogP contribution in [0.1, 0.15) is 44.6 Å². The Morgan fingerprint density at radius 2 is 2.00 bits per heavy atom. The van der Waals surface area contributed by atoms with Gasteiger partial charge in [-0.1, -0.05) is 37.3 Å². The van der Waals surface area contributed by atoms with E-state index in [0.717, 1.165) is 5.56 Å². The van der Waals surface area contributed by atoms with Gasteiger partial charge in [0.15, 0.2) is 0 Å². The van der Waals surface area contributed by atoms with Gasteiger partial charge in [0.1, 0.15) is 12.2 Å². The van der Waals surface area contributed by atoms with Crippen molar-refractivity contribution in [3.05, 3.63) is 48.0 Å². The predicted octanol–water partition coefficient (Wildman–Crippen LogP) is 2.83. The Balaban J connectivity index is 2.47. The van der Waals surface area contributed by atoms with E-state index in [4.69, 9.17) is 0 Å². The minimum absolute atomic E-state index is 0.154. The quantitative estimate of drug-likeness (QED) is 0.887. The fraction of sp³-hybridized carbons (Fsp3) is 0.438. The molecule has 112 valence electrons. The van der Waals surface area contributed by atoms with Gasteiger partial charge in [0.25, 0.3) is 0 Å². The fourth-order valence-electron chi connectivity index (χ4n) is 2.64. The molecule has 0 amide bonds. The summed E-state index contributed by atoms with van der Waals surface area (Å²) in [6.07, 6.45) is 2.32. The van der Waals surface area contributed by atoms with Gasteiger partial charge in [0, 0.05) is 12.5 Å². The number of nitrogens with zero attached hydrogens (tertiary/aromatic N) is 3. The summed E-state index contributed by atoms with van der Waals surface area (Å²) in [7, 11) is 0. The smallest absolute Gasteiger partial charge is 0.314 e. The lowest BCUT2D eigenvalue weighted by Crippen LogP contribution is -2.38. The SMILES string of the molecule is CCC(Cc1ncnn1C(C)C)(C(=O)O)c1ccccc1. The minimum Gasteiger partial charge on any atom is -0.481 e. The molecule has 2 aromatic rings. The normalized spacial score (nSPS) is 14.1. The summed E-state index contributed by atoms with van der Waals surface area (Å²) in [6.45, 7) is 5.92. The second-order valence-corrected chi connectivity index (χ2v) is 5.50. The first-order valence-electron chi connectivity index (χ1n) is 7.18. The average molecular weight is 287 g/mol. The summed E-state index contributed by atoms with van der Waals surface area (Å²) < 4.78 is 1.79. The highest BCUT2D eigenvalue weighted by Gasteiger charge is 2.40. The lowest BCUT2D eigenvalue weighted by molar-refractivity contribution is -0.144. The van der Waals surface area contributed by atoms with Crippen LogP contribution in [0, 0.1) is 0 Å². The van der Waals surface area contributed by atoms with Gasteiger partial charge in [-0.05, 0) is 25.8 Å². The Morgan fingerprint density at radius 1 is 1.33 bits per heavy atom. The third-order valence-corrected chi connectivity index (χ3v) is 3.94. The molecule has 0 spiro atoms. The van der Waals surface area contributed by atoms with Gasteiger partial charge < -0.3 is 5.11 Å². The first-order chi connectivity index (χ1) is 10.0. The molecule has 0 bridgehead atoms. The van der Waals surface area contributed by atoms with Crippen LogP contribution in [0.4, 0.5) is 0 Å². The van der Waals surface area contributed by atoms with Crippen LogP contribution in [0.15, 0.2) is 36.7 Å². The first kappa shape index (κ1) is 15.2. The Kier molecular flexibility index (Phi) is 4.40. The summed E-state index contributed by atoms with van der Waals surface area (Å²) in [5.41, 5.74) is -0.167. The molecule has 1 aromatic heterocycles. The summed E-state index contributed by atoms with van der Waals surface area (Å²) >= 11 is 0.